The van der Waals surface area contributed by atoms with Gasteiger partial charge in [0.2, 0.25) is 0 Å². The van der Waals surface area contributed by atoms with Gasteiger partial charge in [0, 0.05) is 24.3 Å². The molecule has 2 N–H and O–H groups in total. The minimum Gasteiger partial charge on any atom is -0.305 e. The number of halogens is 40. The van der Waals surface area contributed by atoms with Crippen LogP contribution in [0.25, 0.3) is 0 Å². The molecule has 0 aliphatic rings. The number of hydrogen-bond donors (Lipinski definition) is 2. The first-order chi connectivity index (χ1) is 64.1. The number of quaternary nitrogens is 2. The Bertz CT molecular complexity index is 4570. The Hall–Kier alpha value is -9.77. The van der Waals surface area contributed by atoms with Crippen molar-refractivity contribution < 1.29 is 185 Å². The quantitative estimate of drug-likeness (QED) is 0.0124. The molecule has 9 rings (SSSR count). The summed E-state index contributed by atoms with van der Waals surface area (Å²) in [6.45, 7) is 7.14. The van der Waals surface area contributed by atoms with Gasteiger partial charge in [-0.05, 0) is 25.7 Å². The van der Waals surface area contributed by atoms with Gasteiger partial charge in [-0.2, -0.15) is 0 Å². The summed E-state index contributed by atoms with van der Waals surface area (Å²) < 4.78 is 588. The molecule has 750 valence electrons. The minimum absolute atomic E-state index is 1.26. The standard InChI is InChI=1S/C44H84N2.2C24BF20/c1-5-7-9-11-13-15-17-19-21-23-25-27-29-31-33-35-41-45(3)43-37-39-44(40-38-43)46(4)42-36-34-32-30-28-26-24-22-20-18-16-14-12-10-8-6-2;2*26-5-1(6(27)14(35)21(42)13(5)34)25(2-7(28)15(36)22(43)16(37)8(2)29,3-9(30)17(38)23(44)18(39)10(3)31)4-11(32)19(40)24(45)20(41)12(4)33/h37-40H,5-36,41-42H2,1-4H3;;/q;2*-1/p+2. The van der Waals surface area contributed by atoms with Gasteiger partial charge in [-0.25, -0.2) is 176 Å². The molecular weight excluding hydrogens is 1910 g/mol. The molecule has 0 bridgehead atoms. The summed E-state index contributed by atoms with van der Waals surface area (Å²) in [7, 11) is 4.71. The smallest absolute Gasteiger partial charge is 0.200 e. The maximum absolute atomic E-state index is 15.4. The fraction of sp³-hybridized carbons (Fsp3) is 0.413. The first-order valence-corrected chi connectivity index (χ1v) is 43.3. The third kappa shape index (κ3) is 23.4. The Labute approximate surface area is 753 Å². The van der Waals surface area contributed by atoms with Crippen LogP contribution >= 0.6 is 0 Å². The van der Waals surface area contributed by atoms with Crippen LogP contribution in [0.1, 0.15) is 219 Å². The molecule has 0 radical (unpaired) electrons. The van der Waals surface area contributed by atoms with Crippen molar-refractivity contribution in [1.82, 2.24) is 0 Å². The zero-order valence-electron chi connectivity index (χ0n) is 72.6. The number of nitrogens with one attached hydrogen (secondary N) is 2. The van der Waals surface area contributed by atoms with Crippen molar-refractivity contribution in [2.45, 2.75) is 219 Å². The zero-order valence-corrected chi connectivity index (χ0v) is 72.6. The summed E-state index contributed by atoms with van der Waals surface area (Å²) in [4.78, 5) is 3.15. The summed E-state index contributed by atoms with van der Waals surface area (Å²) in [5.74, 6) is -143. The van der Waals surface area contributed by atoms with E-state index in [-0.39, 0.29) is 0 Å². The van der Waals surface area contributed by atoms with Crippen LogP contribution in [-0.4, -0.2) is 39.5 Å². The third-order valence-electron chi connectivity index (χ3n) is 24.1. The average Bonchev–Trinajstić information content (AvgIpc) is 0.683. The van der Waals surface area contributed by atoms with E-state index in [1.165, 1.54) is 230 Å². The van der Waals surface area contributed by atoms with Gasteiger partial charge in [0.05, 0.1) is 27.2 Å². The van der Waals surface area contributed by atoms with Gasteiger partial charge in [-0.1, -0.05) is 194 Å². The normalized spacial score (nSPS) is 12.3. The van der Waals surface area contributed by atoms with Crippen LogP contribution in [0.2, 0.25) is 0 Å². The van der Waals surface area contributed by atoms with Crippen LogP contribution < -0.4 is 53.5 Å². The molecule has 9 aromatic carbocycles. The Kier molecular flexibility index (Phi) is 41.8. The van der Waals surface area contributed by atoms with E-state index in [9.17, 15) is 105 Å². The van der Waals surface area contributed by atoms with Crippen molar-refractivity contribution in [3.63, 3.8) is 0 Å². The highest BCUT2D eigenvalue weighted by Crippen LogP contribution is 2.36. The largest absolute Gasteiger partial charge is 0.305 e. The summed E-state index contributed by atoms with van der Waals surface area (Å²) in [6.07, 6.45) is 31.8. The number of benzene rings is 9. The average molecular weight is 2000 g/mol. The minimum atomic E-state index is -7.22. The maximum atomic E-state index is 15.4. The molecule has 2 nitrogen and oxygen atoms in total. The van der Waals surface area contributed by atoms with E-state index in [0.717, 1.165) is 0 Å². The molecular formula is C92H86B2F40N2. The highest BCUT2D eigenvalue weighted by Gasteiger charge is 2.55. The van der Waals surface area contributed by atoms with E-state index in [2.05, 4.69) is 52.2 Å². The summed E-state index contributed by atoms with van der Waals surface area (Å²) in [5, 5.41) is 0. The summed E-state index contributed by atoms with van der Waals surface area (Å²) in [5.41, 5.74) is -25.7. The fourth-order valence-corrected chi connectivity index (χ4v) is 17.0. The lowest BCUT2D eigenvalue weighted by atomic mass is 9.12. The molecule has 0 fully saturated rings. The highest BCUT2D eigenvalue weighted by molar-refractivity contribution is 7.21. The first-order valence-electron chi connectivity index (χ1n) is 43.3. The van der Waals surface area contributed by atoms with Gasteiger partial charge in [-0.15, -0.1) is 43.7 Å². The SMILES string of the molecule is CCCCCCCCCCCCCCCCCC[NH+](C)c1ccc([NH+](C)CCCCCCCCCCCCCCCCCC)cc1.Fc1c(F)c(F)c([B-](c2c(F)c(F)c(F)c(F)c2F)(c2c(F)c(F)c(F)c(F)c2F)c2c(F)c(F)c(F)c(F)c2F)c(F)c1F.Fc1c(F)c(F)c([B-](c2c(F)c(F)c(F)c(F)c2F)(c2c(F)c(F)c(F)c(F)c2F)c2c(F)c(F)c(F)c(F)c2F)c(F)c1F. The fourth-order valence-electron chi connectivity index (χ4n) is 17.0. The van der Waals surface area contributed by atoms with Crippen molar-refractivity contribution in [1.29, 1.82) is 0 Å². The molecule has 0 aliphatic carbocycles. The molecule has 0 amide bonds. The van der Waals surface area contributed by atoms with Crippen LogP contribution in [-0.2, 0) is 0 Å². The van der Waals surface area contributed by atoms with Gasteiger partial charge in [-0.3, -0.25) is 0 Å². The number of hydrogen-bond acceptors (Lipinski definition) is 0. The molecule has 0 aliphatic heterocycles. The molecule has 136 heavy (non-hydrogen) atoms. The predicted octanol–water partition coefficient (Wildman–Crippen LogP) is 24.2. The van der Waals surface area contributed by atoms with Crippen molar-refractivity contribution >= 4 is 67.4 Å². The topological polar surface area (TPSA) is 8.88 Å². The summed E-state index contributed by atoms with van der Waals surface area (Å²) >= 11 is 0. The van der Waals surface area contributed by atoms with Crippen molar-refractivity contribution in [3.05, 3.63) is 257 Å². The molecule has 2 atom stereocenters. The lowest BCUT2D eigenvalue weighted by Crippen LogP contribution is -3.04. The molecule has 0 spiro atoms. The van der Waals surface area contributed by atoms with E-state index in [1.807, 2.05) is 0 Å². The van der Waals surface area contributed by atoms with E-state index < -0.39 is 289 Å². The molecule has 9 aromatic rings. The van der Waals surface area contributed by atoms with Gasteiger partial charge >= 0.3 is 0 Å². The van der Waals surface area contributed by atoms with Crippen LogP contribution in [0, 0.1) is 233 Å². The molecule has 0 saturated carbocycles. The predicted molar refractivity (Wildman–Crippen MR) is 427 cm³/mol. The first kappa shape index (κ1) is 113. The zero-order chi connectivity index (χ0) is 102. The maximum Gasteiger partial charge on any atom is 0.200 e. The van der Waals surface area contributed by atoms with Gasteiger partial charge in [0.15, 0.2) is 140 Å². The molecule has 0 aromatic heterocycles. The Morgan fingerprint density at radius 1 is 0.140 bits per heavy atom. The Morgan fingerprint density at radius 2 is 0.228 bits per heavy atom. The van der Waals surface area contributed by atoms with Crippen LogP contribution in [0.15, 0.2) is 24.3 Å². The van der Waals surface area contributed by atoms with Gasteiger partial charge in [0.1, 0.15) is 117 Å². The number of rotatable bonds is 44. The molecule has 44 heteroatoms. The summed E-state index contributed by atoms with van der Waals surface area (Å²) in [6, 6.07) is 9.53. The Balaban J connectivity index is 0.000000278. The third-order valence-corrected chi connectivity index (χ3v) is 24.1. The molecule has 0 heterocycles. The second-order valence-corrected chi connectivity index (χ2v) is 32.8. The van der Waals surface area contributed by atoms with Crippen LogP contribution in [0.4, 0.5) is 187 Å². The second-order valence-electron chi connectivity index (χ2n) is 32.8. The van der Waals surface area contributed by atoms with E-state index >= 15 is 70.2 Å². The molecule has 0 saturated heterocycles. The lowest BCUT2D eigenvalue weighted by Gasteiger charge is -2.44. The van der Waals surface area contributed by atoms with Crippen molar-refractivity contribution in [3.8, 4) is 0 Å². The van der Waals surface area contributed by atoms with E-state index in [0.29, 0.717) is 0 Å². The van der Waals surface area contributed by atoms with E-state index in [1.54, 1.807) is 9.80 Å². The van der Waals surface area contributed by atoms with Crippen molar-refractivity contribution in [2.24, 2.45) is 0 Å². The van der Waals surface area contributed by atoms with Gasteiger partial charge in [0.25, 0.3) is 0 Å². The van der Waals surface area contributed by atoms with Gasteiger partial charge < -0.3 is 9.80 Å². The van der Waals surface area contributed by atoms with Crippen LogP contribution in [0.5, 0.6) is 0 Å². The lowest BCUT2D eigenvalue weighted by molar-refractivity contribution is -0.813. The van der Waals surface area contributed by atoms with Crippen molar-refractivity contribution in [2.75, 3.05) is 27.2 Å². The molecule has 2 unspecified atom stereocenters. The monoisotopic (exact) mass is 2000 g/mol. The van der Waals surface area contributed by atoms with E-state index in [4.69, 9.17) is 0 Å². The van der Waals surface area contributed by atoms with Crippen LogP contribution in [0.3, 0.4) is 0 Å². The highest BCUT2D eigenvalue weighted by atomic mass is 19.2. The number of unbranched alkanes of at least 4 members (excludes halogenated alkanes) is 30. The Morgan fingerprint density at radius 3 is 0.331 bits per heavy atom. The second kappa shape index (κ2) is 50.2.